The van der Waals surface area contributed by atoms with Gasteiger partial charge in [0.15, 0.2) is 0 Å². The molecule has 3 aromatic rings. The number of nitrogens with zero attached hydrogens (tertiary/aromatic N) is 2. The molecule has 4 rings (SSSR count). The number of carbonyl (C=O) groups is 2. The number of piperidine rings is 1. The van der Waals surface area contributed by atoms with E-state index in [0.29, 0.717) is 18.7 Å². The highest BCUT2D eigenvalue weighted by Gasteiger charge is 2.28. The third kappa shape index (κ3) is 7.37. The number of hydrogen-bond acceptors (Lipinski definition) is 5. The lowest BCUT2D eigenvalue weighted by molar-refractivity contribution is 0.0497. The van der Waals surface area contributed by atoms with Gasteiger partial charge < -0.3 is 20.3 Å². The molecule has 2 N–H and O–H groups in total. The molecule has 1 aliphatic rings. The molecule has 0 spiro atoms. The number of ether oxygens (including phenoxy) is 1. The highest BCUT2D eigenvalue weighted by atomic mass is 16.6. The summed E-state index contributed by atoms with van der Waals surface area (Å²) in [6.07, 6.45) is 4.60. The zero-order chi connectivity index (χ0) is 28.3. The van der Waals surface area contributed by atoms with Crippen LogP contribution in [0.2, 0.25) is 0 Å². The summed E-state index contributed by atoms with van der Waals surface area (Å²) in [4.78, 5) is 32.8. The van der Waals surface area contributed by atoms with Gasteiger partial charge in [-0.1, -0.05) is 35.4 Å². The lowest BCUT2D eigenvalue weighted by Crippen LogP contribution is -2.46. The number of aryl methyl sites for hydroxylation is 4. The molecule has 7 heteroatoms. The van der Waals surface area contributed by atoms with Gasteiger partial charge in [0.1, 0.15) is 5.60 Å². The molecule has 39 heavy (non-hydrogen) atoms. The van der Waals surface area contributed by atoms with E-state index < -0.39 is 11.7 Å². The second-order valence-electron chi connectivity index (χ2n) is 11.7. The second kappa shape index (κ2) is 11.5. The average molecular weight is 529 g/mol. The van der Waals surface area contributed by atoms with Crippen LogP contribution in [-0.4, -0.2) is 41.7 Å². The summed E-state index contributed by atoms with van der Waals surface area (Å²) in [6.45, 7) is 15.1. The number of nitrogens with one attached hydrogen (secondary N) is 2. The molecule has 2 aromatic carbocycles. The Morgan fingerprint density at radius 2 is 1.44 bits per heavy atom. The molecule has 0 bridgehead atoms. The molecule has 0 aliphatic carbocycles. The average Bonchev–Trinajstić information content (AvgIpc) is 2.81. The van der Waals surface area contributed by atoms with Crippen LogP contribution in [0.4, 0.5) is 16.2 Å². The van der Waals surface area contributed by atoms with E-state index in [0.717, 1.165) is 57.6 Å². The van der Waals surface area contributed by atoms with Crippen molar-refractivity contribution in [3.8, 4) is 11.1 Å². The Balaban J connectivity index is 1.65. The fourth-order valence-electron chi connectivity index (χ4n) is 5.27. The summed E-state index contributed by atoms with van der Waals surface area (Å²) < 4.78 is 5.45. The molecule has 2 amide bonds. The van der Waals surface area contributed by atoms with Crippen LogP contribution in [0.1, 0.15) is 66.2 Å². The van der Waals surface area contributed by atoms with Crippen molar-refractivity contribution in [1.82, 2.24) is 10.3 Å². The Hall–Kier alpha value is -3.87. The van der Waals surface area contributed by atoms with Crippen LogP contribution >= 0.6 is 0 Å². The SMILES string of the molecule is Cc1cc(C)cc(NC(=O)c2cncc(-c3cc(C)cc(C)c3)c2N2CCC(NC(=O)OC(C)(C)C)CC2)c1. The van der Waals surface area contributed by atoms with Gasteiger partial charge in [-0.15, -0.1) is 0 Å². The third-order valence-corrected chi connectivity index (χ3v) is 6.71. The zero-order valence-corrected chi connectivity index (χ0v) is 24.1. The fourth-order valence-corrected chi connectivity index (χ4v) is 5.27. The number of anilines is 2. The second-order valence-corrected chi connectivity index (χ2v) is 11.7. The predicted molar refractivity (Wildman–Crippen MR) is 158 cm³/mol. The first-order chi connectivity index (χ1) is 18.4. The molecule has 0 saturated carbocycles. The summed E-state index contributed by atoms with van der Waals surface area (Å²) in [6, 6.07) is 12.4. The molecule has 0 unspecified atom stereocenters. The summed E-state index contributed by atoms with van der Waals surface area (Å²) in [5.74, 6) is -0.192. The number of benzene rings is 2. The van der Waals surface area contributed by atoms with Crippen molar-refractivity contribution in [3.05, 3.63) is 76.6 Å². The predicted octanol–water partition coefficient (Wildman–Crippen LogP) is 6.73. The van der Waals surface area contributed by atoms with Gasteiger partial charge in [-0.3, -0.25) is 9.78 Å². The molecule has 1 aromatic heterocycles. The minimum atomic E-state index is -0.541. The Bertz CT molecular complexity index is 1330. The molecule has 0 radical (unpaired) electrons. The highest BCUT2D eigenvalue weighted by Crippen LogP contribution is 2.36. The maximum absolute atomic E-state index is 13.7. The van der Waals surface area contributed by atoms with E-state index >= 15 is 0 Å². The van der Waals surface area contributed by atoms with Crippen molar-refractivity contribution in [2.75, 3.05) is 23.3 Å². The number of pyridine rings is 1. The van der Waals surface area contributed by atoms with Crippen LogP contribution in [0.15, 0.2) is 48.8 Å². The Morgan fingerprint density at radius 3 is 2.00 bits per heavy atom. The maximum Gasteiger partial charge on any atom is 0.407 e. The van der Waals surface area contributed by atoms with Crippen LogP contribution < -0.4 is 15.5 Å². The van der Waals surface area contributed by atoms with Crippen LogP contribution in [0, 0.1) is 27.7 Å². The van der Waals surface area contributed by atoms with E-state index in [-0.39, 0.29) is 11.9 Å². The van der Waals surface area contributed by atoms with Crippen LogP contribution in [-0.2, 0) is 4.74 Å². The third-order valence-electron chi connectivity index (χ3n) is 6.71. The van der Waals surface area contributed by atoms with Gasteiger partial charge in [0.2, 0.25) is 0 Å². The van der Waals surface area contributed by atoms with Crippen molar-refractivity contribution in [1.29, 1.82) is 0 Å². The topological polar surface area (TPSA) is 83.6 Å². The maximum atomic E-state index is 13.7. The smallest absolute Gasteiger partial charge is 0.407 e. The largest absolute Gasteiger partial charge is 0.444 e. The monoisotopic (exact) mass is 528 g/mol. The van der Waals surface area contributed by atoms with Crippen LogP contribution in [0.25, 0.3) is 11.1 Å². The normalized spacial score (nSPS) is 14.2. The minimum absolute atomic E-state index is 0.00940. The molecule has 206 valence electrons. The van der Waals surface area contributed by atoms with E-state index in [4.69, 9.17) is 4.74 Å². The minimum Gasteiger partial charge on any atom is -0.444 e. The Kier molecular flexibility index (Phi) is 8.28. The Morgan fingerprint density at radius 1 is 0.872 bits per heavy atom. The summed E-state index contributed by atoms with van der Waals surface area (Å²) >= 11 is 0. The van der Waals surface area contributed by atoms with Gasteiger partial charge in [0.25, 0.3) is 5.91 Å². The standard InChI is InChI=1S/C32H40N4O3/c1-20-12-21(2)15-24(14-20)27-18-33-19-28(30(37)34-26-16-22(3)13-23(4)17-26)29(27)36-10-8-25(9-11-36)35-31(38)39-32(5,6)7/h12-19,25H,8-11H2,1-7H3,(H,34,37)(H,35,38). The van der Waals surface area contributed by atoms with Crippen molar-refractivity contribution < 1.29 is 14.3 Å². The first kappa shape index (κ1) is 28.1. The number of hydrogen-bond donors (Lipinski definition) is 2. The van der Waals surface area contributed by atoms with Crippen molar-refractivity contribution in [3.63, 3.8) is 0 Å². The van der Waals surface area contributed by atoms with Gasteiger partial charge in [-0.05, 0) is 90.1 Å². The lowest BCUT2D eigenvalue weighted by Gasteiger charge is -2.36. The van der Waals surface area contributed by atoms with E-state index in [1.165, 1.54) is 0 Å². The molecular formula is C32H40N4O3. The van der Waals surface area contributed by atoms with E-state index in [2.05, 4.69) is 58.6 Å². The van der Waals surface area contributed by atoms with Gasteiger partial charge in [0.05, 0.1) is 11.3 Å². The number of alkyl carbamates (subject to hydrolysis) is 1. The van der Waals surface area contributed by atoms with E-state index in [9.17, 15) is 9.59 Å². The first-order valence-corrected chi connectivity index (χ1v) is 13.6. The summed E-state index contributed by atoms with van der Waals surface area (Å²) in [5, 5.41) is 6.11. The van der Waals surface area contributed by atoms with Gasteiger partial charge in [0, 0.05) is 42.8 Å². The summed E-state index contributed by atoms with van der Waals surface area (Å²) in [5.41, 5.74) is 8.07. The number of rotatable bonds is 5. The van der Waals surface area contributed by atoms with Gasteiger partial charge >= 0.3 is 6.09 Å². The number of amides is 2. The highest BCUT2D eigenvalue weighted by molar-refractivity contribution is 6.10. The number of aromatic nitrogens is 1. The molecular weight excluding hydrogens is 488 g/mol. The quantitative estimate of drug-likeness (QED) is 0.384. The zero-order valence-electron chi connectivity index (χ0n) is 24.1. The van der Waals surface area contributed by atoms with Crippen molar-refractivity contribution >= 4 is 23.4 Å². The molecule has 7 nitrogen and oxygen atoms in total. The van der Waals surface area contributed by atoms with Crippen LogP contribution in [0.3, 0.4) is 0 Å². The molecule has 1 saturated heterocycles. The van der Waals surface area contributed by atoms with Gasteiger partial charge in [-0.2, -0.15) is 0 Å². The molecule has 0 atom stereocenters. The van der Waals surface area contributed by atoms with Crippen molar-refractivity contribution in [2.45, 2.75) is 73.0 Å². The fraction of sp³-hybridized carbons (Fsp3) is 0.406. The number of carbonyl (C=O) groups excluding carboxylic acids is 2. The van der Waals surface area contributed by atoms with E-state index in [1.807, 2.05) is 52.9 Å². The molecule has 2 heterocycles. The molecule has 1 fully saturated rings. The lowest BCUT2D eigenvalue weighted by atomic mass is 9.96. The first-order valence-electron chi connectivity index (χ1n) is 13.6. The summed E-state index contributed by atoms with van der Waals surface area (Å²) in [7, 11) is 0. The van der Waals surface area contributed by atoms with Gasteiger partial charge in [-0.25, -0.2) is 4.79 Å². The van der Waals surface area contributed by atoms with Crippen molar-refractivity contribution in [2.24, 2.45) is 0 Å². The van der Waals surface area contributed by atoms with E-state index in [1.54, 1.807) is 6.20 Å². The molecule has 1 aliphatic heterocycles. The van der Waals surface area contributed by atoms with Crippen LogP contribution in [0.5, 0.6) is 0 Å². The Labute approximate surface area is 232 Å².